The van der Waals surface area contributed by atoms with Gasteiger partial charge in [-0.05, 0) is 49.9 Å². The van der Waals surface area contributed by atoms with Gasteiger partial charge in [0.25, 0.3) is 15.9 Å². The van der Waals surface area contributed by atoms with Crippen molar-refractivity contribution in [2.75, 3.05) is 11.3 Å². The molecule has 0 aliphatic heterocycles. The highest BCUT2D eigenvalue weighted by atomic mass is 32.2. The van der Waals surface area contributed by atoms with Gasteiger partial charge in [0.05, 0.1) is 11.3 Å². The van der Waals surface area contributed by atoms with Crippen LogP contribution in [0.4, 0.5) is 5.69 Å². The van der Waals surface area contributed by atoms with Crippen molar-refractivity contribution in [1.29, 1.82) is 0 Å². The quantitative estimate of drug-likeness (QED) is 0.472. The monoisotopic (exact) mass is 486 g/mol. The van der Waals surface area contributed by atoms with Crippen LogP contribution in [0.2, 0.25) is 0 Å². The first kappa shape index (κ1) is 24.5. The van der Waals surface area contributed by atoms with Gasteiger partial charge in [-0.2, -0.15) is 0 Å². The molecule has 1 heterocycles. The molecule has 0 fully saturated rings. The van der Waals surface area contributed by atoms with Crippen LogP contribution in [0.5, 0.6) is 0 Å². The maximum atomic E-state index is 12.9. The van der Waals surface area contributed by atoms with Gasteiger partial charge in [-0.3, -0.25) is 9.52 Å². The number of benzene rings is 2. The Morgan fingerprint density at radius 3 is 2.27 bits per heavy atom. The lowest BCUT2D eigenvalue weighted by molar-refractivity contribution is -0.140. The van der Waals surface area contributed by atoms with Gasteiger partial charge in [0, 0.05) is 12.1 Å². The van der Waals surface area contributed by atoms with Gasteiger partial charge >= 0.3 is 5.97 Å². The number of hydrogen-bond acceptors (Lipinski definition) is 6. The zero-order valence-corrected chi connectivity index (χ0v) is 20.3. The van der Waals surface area contributed by atoms with E-state index in [1.807, 2.05) is 51.1 Å². The van der Waals surface area contributed by atoms with E-state index < -0.39 is 28.1 Å². The molecule has 0 saturated heterocycles. The lowest BCUT2D eigenvalue weighted by Gasteiger charge is -2.35. The van der Waals surface area contributed by atoms with Crippen LogP contribution in [0.3, 0.4) is 0 Å². The molecule has 0 bridgehead atoms. The lowest BCUT2D eigenvalue weighted by Crippen LogP contribution is -2.46. The Bertz CT molecular complexity index is 1200. The Morgan fingerprint density at radius 1 is 0.970 bits per heavy atom. The average molecular weight is 487 g/mol. The summed E-state index contributed by atoms with van der Waals surface area (Å²) in [5, 5.41) is 1.65. The molecule has 9 heteroatoms. The molecule has 0 atom stereocenters. The molecule has 33 heavy (non-hydrogen) atoms. The average Bonchev–Trinajstić information content (AvgIpc) is 3.32. The molecule has 3 aromatic rings. The standard InChI is InChI=1S/C24H26N2O5S2/c1-24(2,3)26(16-18-10-5-4-6-11-18)21(27)17-31-23(28)19-12-7-8-13-20(19)25-33(29,30)22-14-9-15-32-22/h4-15,25H,16-17H2,1-3H3. The number of anilines is 1. The summed E-state index contributed by atoms with van der Waals surface area (Å²) in [7, 11) is -3.84. The molecule has 0 radical (unpaired) electrons. The molecular weight excluding hydrogens is 460 g/mol. The highest BCUT2D eigenvalue weighted by Crippen LogP contribution is 2.24. The van der Waals surface area contributed by atoms with Gasteiger partial charge in [-0.25, -0.2) is 13.2 Å². The van der Waals surface area contributed by atoms with E-state index in [2.05, 4.69) is 4.72 Å². The summed E-state index contributed by atoms with van der Waals surface area (Å²) in [4.78, 5) is 27.3. The summed E-state index contributed by atoms with van der Waals surface area (Å²) in [6, 6.07) is 18.8. The lowest BCUT2D eigenvalue weighted by atomic mass is 10.0. The fourth-order valence-corrected chi connectivity index (χ4v) is 5.18. The first-order valence-electron chi connectivity index (χ1n) is 10.2. The Hall–Kier alpha value is -3.17. The van der Waals surface area contributed by atoms with E-state index >= 15 is 0 Å². The van der Waals surface area contributed by atoms with Gasteiger partial charge in [0.2, 0.25) is 0 Å². The second-order valence-corrected chi connectivity index (χ2v) is 11.2. The SMILES string of the molecule is CC(C)(C)N(Cc1ccccc1)C(=O)COC(=O)c1ccccc1NS(=O)(=O)c1cccs1. The van der Waals surface area contributed by atoms with Gasteiger partial charge in [-0.1, -0.05) is 48.5 Å². The fraction of sp³-hybridized carbons (Fsp3) is 0.250. The Morgan fingerprint density at radius 2 is 1.64 bits per heavy atom. The van der Waals surface area contributed by atoms with Crippen molar-refractivity contribution in [1.82, 2.24) is 4.90 Å². The van der Waals surface area contributed by atoms with Crippen molar-refractivity contribution >= 4 is 38.9 Å². The predicted molar refractivity (Wildman–Crippen MR) is 129 cm³/mol. The molecule has 1 amide bonds. The number of para-hydroxylation sites is 1. The molecule has 1 N–H and O–H groups in total. The van der Waals surface area contributed by atoms with E-state index in [-0.39, 0.29) is 21.4 Å². The van der Waals surface area contributed by atoms with Gasteiger partial charge in [0.15, 0.2) is 6.61 Å². The summed E-state index contributed by atoms with van der Waals surface area (Å²) in [6.45, 7) is 5.63. The third-order valence-electron chi connectivity index (χ3n) is 4.77. The van der Waals surface area contributed by atoms with Crippen molar-refractivity contribution in [2.24, 2.45) is 0 Å². The number of thiophene rings is 1. The van der Waals surface area contributed by atoms with E-state index in [0.717, 1.165) is 16.9 Å². The number of nitrogens with zero attached hydrogens (tertiary/aromatic N) is 1. The summed E-state index contributed by atoms with van der Waals surface area (Å²) in [5.41, 5.74) is 0.574. The molecule has 2 aromatic carbocycles. The van der Waals surface area contributed by atoms with Crippen molar-refractivity contribution in [2.45, 2.75) is 37.1 Å². The number of rotatable bonds is 8. The number of amides is 1. The third kappa shape index (κ3) is 6.43. The smallest absolute Gasteiger partial charge is 0.340 e. The first-order chi connectivity index (χ1) is 15.6. The number of nitrogens with one attached hydrogen (secondary N) is 1. The van der Waals surface area contributed by atoms with Crippen LogP contribution in [0.15, 0.2) is 76.3 Å². The summed E-state index contributed by atoms with van der Waals surface area (Å²) in [5.74, 6) is -1.14. The second kappa shape index (κ2) is 10.2. The largest absolute Gasteiger partial charge is 0.452 e. The van der Waals surface area contributed by atoms with Crippen molar-refractivity contribution in [3.05, 3.63) is 83.2 Å². The number of sulfonamides is 1. The van der Waals surface area contributed by atoms with Crippen LogP contribution in [0.1, 0.15) is 36.7 Å². The van der Waals surface area contributed by atoms with Gasteiger partial charge in [0.1, 0.15) is 4.21 Å². The van der Waals surface area contributed by atoms with Crippen LogP contribution < -0.4 is 4.72 Å². The highest BCUT2D eigenvalue weighted by Gasteiger charge is 2.28. The minimum atomic E-state index is -3.84. The number of hydrogen-bond donors (Lipinski definition) is 1. The zero-order chi connectivity index (χ0) is 24.1. The molecule has 3 rings (SSSR count). The number of carbonyl (C=O) groups is 2. The maximum Gasteiger partial charge on any atom is 0.340 e. The maximum absolute atomic E-state index is 12.9. The molecular formula is C24H26N2O5S2. The molecule has 0 aliphatic rings. The summed E-state index contributed by atoms with van der Waals surface area (Å²) < 4.78 is 33.0. The van der Waals surface area contributed by atoms with Crippen LogP contribution >= 0.6 is 11.3 Å². The molecule has 1 aromatic heterocycles. The van der Waals surface area contributed by atoms with Gasteiger partial charge in [-0.15, -0.1) is 11.3 Å². The highest BCUT2D eigenvalue weighted by molar-refractivity contribution is 7.94. The molecule has 174 valence electrons. The zero-order valence-electron chi connectivity index (χ0n) is 18.6. The summed E-state index contributed by atoms with van der Waals surface area (Å²) >= 11 is 1.07. The van der Waals surface area contributed by atoms with Gasteiger partial charge < -0.3 is 9.64 Å². The molecule has 0 unspecified atom stereocenters. The predicted octanol–water partition coefficient (Wildman–Crippen LogP) is 4.53. The molecule has 0 aliphatic carbocycles. The van der Waals surface area contributed by atoms with E-state index in [1.165, 1.54) is 18.2 Å². The van der Waals surface area contributed by atoms with Crippen LogP contribution in [-0.4, -0.2) is 37.3 Å². The molecule has 0 saturated carbocycles. The van der Waals surface area contributed by atoms with E-state index in [9.17, 15) is 18.0 Å². The topological polar surface area (TPSA) is 92.8 Å². The Balaban J connectivity index is 1.72. The molecule has 7 nitrogen and oxygen atoms in total. The minimum absolute atomic E-state index is 0.0239. The first-order valence-corrected chi connectivity index (χ1v) is 12.6. The number of ether oxygens (including phenoxy) is 1. The molecule has 0 spiro atoms. The Kier molecular flexibility index (Phi) is 7.55. The van der Waals surface area contributed by atoms with E-state index in [1.54, 1.807) is 28.5 Å². The van der Waals surface area contributed by atoms with E-state index in [4.69, 9.17) is 4.74 Å². The third-order valence-corrected chi connectivity index (χ3v) is 7.54. The minimum Gasteiger partial charge on any atom is -0.452 e. The fourth-order valence-electron chi connectivity index (χ4n) is 3.11. The van der Waals surface area contributed by atoms with Crippen LogP contribution in [0.25, 0.3) is 0 Å². The normalized spacial score (nSPS) is 11.6. The summed E-state index contributed by atoms with van der Waals surface area (Å²) in [6.07, 6.45) is 0. The Labute approximate surface area is 198 Å². The van der Waals surface area contributed by atoms with Crippen molar-refractivity contribution < 1.29 is 22.7 Å². The van der Waals surface area contributed by atoms with Crippen LogP contribution in [0, 0.1) is 0 Å². The second-order valence-electron chi connectivity index (χ2n) is 8.30. The number of carbonyl (C=O) groups excluding carboxylic acids is 2. The number of esters is 1. The van der Waals surface area contributed by atoms with Crippen molar-refractivity contribution in [3.8, 4) is 0 Å². The van der Waals surface area contributed by atoms with E-state index in [0.29, 0.717) is 6.54 Å². The van der Waals surface area contributed by atoms with Crippen molar-refractivity contribution in [3.63, 3.8) is 0 Å². The van der Waals surface area contributed by atoms with Crippen LogP contribution in [-0.2, 0) is 26.1 Å².